The number of nitro groups is 1. The predicted octanol–water partition coefficient (Wildman–Crippen LogP) is 3.91. The molecule has 22 heavy (non-hydrogen) atoms. The maximum atomic E-state index is 10.7. The lowest BCUT2D eigenvalue weighted by atomic mass is 10.1. The van der Waals surface area contributed by atoms with Crippen molar-refractivity contribution in [3.8, 4) is 11.5 Å². The Labute approximate surface area is 129 Å². The summed E-state index contributed by atoms with van der Waals surface area (Å²) in [5.41, 5.74) is 1.80. The minimum Gasteiger partial charge on any atom is -0.493 e. The van der Waals surface area contributed by atoms with Crippen LogP contribution in [0.5, 0.6) is 11.5 Å². The summed E-state index contributed by atoms with van der Waals surface area (Å²) in [6.07, 6.45) is 1.49. The SMILES string of the molecule is COc1ccc(C=C(C)[N+](=O)[O-])cc1OCc1ccccc1. The van der Waals surface area contributed by atoms with E-state index in [0.717, 1.165) is 5.56 Å². The molecule has 114 valence electrons. The zero-order chi connectivity index (χ0) is 15.9. The van der Waals surface area contributed by atoms with E-state index in [1.165, 1.54) is 13.0 Å². The van der Waals surface area contributed by atoms with Crippen molar-refractivity contribution < 1.29 is 14.4 Å². The van der Waals surface area contributed by atoms with Crippen molar-refractivity contribution in [2.24, 2.45) is 0 Å². The summed E-state index contributed by atoms with van der Waals surface area (Å²) in [5.74, 6) is 1.14. The molecule has 0 saturated heterocycles. The van der Waals surface area contributed by atoms with Gasteiger partial charge in [-0.2, -0.15) is 0 Å². The Morgan fingerprint density at radius 3 is 2.55 bits per heavy atom. The summed E-state index contributed by atoms with van der Waals surface area (Å²) in [6, 6.07) is 15.0. The van der Waals surface area contributed by atoms with Gasteiger partial charge in [0.05, 0.1) is 12.0 Å². The maximum Gasteiger partial charge on any atom is 0.243 e. The molecule has 0 unspecified atom stereocenters. The molecule has 2 aromatic rings. The molecule has 5 nitrogen and oxygen atoms in total. The maximum absolute atomic E-state index is 10.7. The van der Waals surface area contributed by atoms with Crippen molar-refractivity contribution in [2.45, 2.75) is 13.5 Å². The minimum atomic E-state index is -0.422. The van der Waals surface area contributed by atoms with Crippen LogP contribution < -0.4 is 9.47 Å². The minimum absolute atomic E-state index is 0.0687. The fourth-order valence-electron chi connectivity index (χ4n) is 1.93. The lowest BCUT2D eigenvalue weighted by Crippen LogP contribution is -1.98. The van der Waals surface area contributed by atoms with Crippen LogP contribution in [0.4, 0.5) is 0 Å². The van der Waals surface area contributed by atoms with Gasteiger partial charge in [-0.05, 0) is 23.3 Å². The third-order valence-electron chi connectivity index (χ3n) is 3.09. The summed E-state index contributed by atoms with van der Waals surface area (Å²) in [6.45, 7) is 1.85. The number of hydrogen-bond acceptors (Lipinski definition) is 4. The Kier molecular flexibility index (Phi) is 5.14. The molecule has 0 amide bonds. The molecule has 0 heterocycles. The molecule has 0 bridgehead atoms. The third-order valence-corrected chi connectivity index (χ3v) is 3.09. The van der Waals surface area contributed by atoms with E-state index in [0.29, 0.717) is 23.7 Å². The van der Waals surface area contributed by atoms with Crippen LogP contribution in [-0.2, 0) is 6.61 Å². The van der Waals surface area contributed by atoms with Crippen LogP contribution in [0.15, 0.2) is 54.2 Å². The molecule has 0 N–H and O–H groups in total. The smallest absolute Gasteiger partial charge is 0.243 e. The summed E-state index contributed by atoms with van der Waals surface area (Å²) in [7, 11) is 1.56. The van der Waals surface area contributed by atoms with Gasteiger partial charge in [0.25, 0.3) is 0 Å². The molecule has 0 aliphatic heterocycles. The van der Waals surface area contributed by atoms with Crippen molar-refractivity contribution in [1.29, 1.82) is 0 Å². The second-order valence-corrected chi connectivity index (χ2v) is 4.73. The fraction of sp³-hybridized carbons (Fsp3) is 0.176. The van der Waals surface area contributed by atoms with Gasteiger partial charge >= 0.3 is 0 Å². The van der Waals surface area contributed by atoms with Crippen molar-refractivity contribution in [3.63, 3.8) is 0 Å². The van der Waals surface area contributed by atoms with Crippen molar-refractivity contribution in [2.75, 3.05) is 7.11 Å². The van der Waals surface area contributed by atoms with Crippen LogP contribution in [0.1, 0.15) is 18.1 Å². The molecule has 0 aromatic heterocycles. The normalized spacial score (nSPS) is 11.1. The van der Waals surface area contributed by atoms with E-state index in [-0.39, 0.29) is 5.70 Å². The van der Waals surface area contributed by atoms with Crippen molar-refractivity contribution in [3.05, 3.63) is 75.5 Å². The van der Waals surface area contributed by atoms with E-state index in [4.69, 9.17) is 9.47 Å². The quantitative estimate of drug-likeness (QED) is 0.599. The zero-order valence-corrected chi connectivity index (χ0v) is 12.5. The second kappa shape index (κ2) is 7.26. The van der Waals surface area contributed by atoms with Gasteiger partial charge in [-0.15, -0.1) is 0 Å². The first-order valence-electron chi connectivity index (χ1n) is 6.77. The topological polar surface area (TPSA) is 61.6 Å². The summed E-state index contributed by atoms with van der Waals surface area (Å²) >= 11 is 0. The number of methoxy groups -OCH3 is 1. The Bertz CT molecular complexity index is 680. The Morgan fingerprint density at radius 1 is 1.18 bits per heavy atom. The third kappa shape index (κ3) is 4.09. The van der Waals surface area contributed by atoms with Crippen LogP contribution >= 0.6 is 0 Å². The molecular weight excluding hydrogens is 282 g/mol. The molecule has 0 aliphatic carbocycles. The molecule has 0 fully saturated rings. The highest BCUT2D eigenvalue weighted by Gasteiger charge is 2.08. The first kappa shape index (κ1) is 15.6. The molecule has 5 heteroatoms. The highest BCUT2D eigenvalue weighted by molar-refractivity contribution is 5.56. The number of ether oxygens (including phenoxy) is 2. The first-order chi connectivity index (χ1) is 10.6. The number of nitrogens with zero attached hydrogens (tertiary/aromatic N) is 1. The van der Waals surface area contributed by atoms with Crippen molar-refractivity contribution in [1.82, 2.24) is 0 Å². The first-order valence-corrected chi connectivity index (χ1v) is 6.77. The summed E-state index contributed by atoms with van der Waals surface area (Å²) < 4.78 is 11.0. The van der Waals surface area contributed by atoms with Crippen molar-refractivity contribution >= 4 is 6.08 Å². The number of rotatable bonds is 6. The molecule has 0 spiro atoms. The number of benzene rings is 2. The van der Waals surface area contributed by atoms with Gasteiger partial charge in [0.2, 0.25) is 5.70 Å². The molecule has 0 atom stereocenters. The van der Waals surface area contributed by atoms with Gasteiger partial charge in [0, 0.05) is 13.0 Å². The van der Waals surface area contributed by atoms with E-state index in [2.05, 4.69) is 0 Å². The molecule has 0 saturated carbocycles. The van der Waals surface area contributed by atoms with Gasteiger partial charge < -0.3 is 9.47 Å². The molecular formula is C17H17NO4. The molecule has 0 aliphatic rings. The largest absolute Gasteiger partial charge is 0.493 e. The van der Waals surface area contributed by atoms with E-state index < -0.39 is 4.92 Å². The lowest BCUT2D eigenvalue weighted by molar-refractivity contribution is -0.422. The number of hydrogen-bond donors (Lipinski definition) is 0. The fourth-order valence-corrected chi connectivity index (χ4v) is 1.93. The lowest BCUT2D eigenvalue weighted by Gasteiger charge is -2.11. The number of allylic oxidation sites excluding steroid dienone is 1. The van der Waals surface area contributed by atoms with E-state index in [9.17, 15) is 10.1 Å². The average Bonchev–Trinajstić information content (AvgIpc) is 2.54. The Hall–Kier alpha value is -2.82. The van der Waals surface area contributed by atoms with Gasteiger partial charge in [-0.1, -0.05) is 36.4 Å². The van der Waals surface area contributed by atoms with E-state index >= 15 is 0 Å². The van der Waals surface area contributed by atoms with Crippen LogP contribution in [0.25, 0.3) is 6.08 Å². The second-order valence-electron chi connectivity index (χ2n) is 4.73. The highest BCUT2D eigenvalue weighted by atomic mass is 16.6. The molecule has 0 radical (unpaired) electrons. The van der Waals surface area contributed by atoms with Gasteiger partial charge in [-0.25, -0.2) is 0 Å². The van der Waals surface area contributed by atoms with Crippen LogP contribution in [0, 0.1) is 10.1 Å². The van der Waals surface area contributed by atoms with Crippen LogP contribution in [0.2, 0.25) is 0 Å². The highest BCUT2D eigenvalue weighted by Crippen LogP contribution is 2.29. The standard InChI is InChI=1S/C17H17NO4/c1-13(18(19)20)10-15-8-9-16(21-2)17(11-15)22-12-14-6-4-3-5-7-14/h3-11H,12H2,1-2H3. The molecule has 2 aromatic carbocycles. The van der Waals surface area contributed by atoms with Gasteiger partial charge in [0.15, 0.2) is 11.5 Å². The Balaban J connectivity index is 2.21. The zero-order valence-electron chi connectivity index (χ0n) is 12.5. The average molecular weight is 299 g/mol. The van der Waals surface area contributed by atoms with Gasteiger partial charge in [0.1, 0.15) is 6.61 Å². The van der Waals surface area contributed by atoms with Gasteiger partial charge in [-0.3, -0.25) is 10.1 Å². The molecule has 2 rings (SSSR count). The van der Waals surface area contributed by atoms with E-state index in [1.54, 1.807) is 25.3 Å². The summed E-state index contributed by atoms with van der Waals surface area (Å²) in [4.78, 5) is 10.3. The summed E-state index contributed by atoms with van der Waals surface area (Å²) in [5, 5.41) is 10.7. The van der Waals surface area contributed by atoms with E-state index in [1.807, 2.05) is 30.3 Å². The monoisotopic (exact) mass is 299 g/mol. The Morgan fingerprint density at radius 2 is 1.91 bits per heavy atom. The van der Waals surface area contributed by atoms with Crippen LogP contribution in [-0.4, -0.2) is 12.0 Å². The van der Waals surface area contributed by atoms with Crippen LogP contribution in [0.3, 0.4) is 0 Å². The predicted molar refractivity (Wildman–Crippen MR) is 84.4 cm³/mol.